The second-order valence-electron chi connectivity index (χ2n) is 4.43. The van der Waals surface area contributed by atoms with Crippen molar-refractivity contribution in [2.45, 2.75) is 24.8 Å². The zero-order valence-corrected chi connectivity index (χ0v) is 9.63. The molecule has 1 heterocycles. The van der Waals surface area contributed by atoms with Gasteiger partial charge in [0.15, 0.2) is 0 Å². The van der Waals surface area contributed by atoms with Crippen LogP contribution in [0.5, 0.6) is 0 Å². The number of hydrogen-bond acceptors (Lipinski definition) is 3. The Morgan fingerprint density at radius 2 is 2.41 bits per heavy atom. The van der Waals surface area contributed by atoms with Crippen molar-refractivity contribution in [1.82, 2.24) is 0 Å². The summed E-state index contributed by atoms with van der Waals surface area (Å²) in [5.74, 6) is -0.445. The predicted molar refractivity (Wildman–Crippen MR) is 63.8 cm³/mol. The van der Waals surface area contributed by atoms with Crippen molar-refractivity contribution in [3.8, 4) is 0 Å². The van der Waals surface area contributed by atoms with E-state index in [0.717, 1.165) is 25.2 Å². The summed E-state index contributed by atoms with van der Waals surface area (Å²) in [5, 5.41) is 8.73. The van der Waals surface area contributed by atoms with Crippen LogP contribution < -0.4 is 5.73 Å². The first-order chi connectivity index (χ1) is 8.16. The van der Waals surface area contributed by atoms with Crippen LogP contribution in [0.15, 0.2) is 24.3 Å². The Morgan fingerprint density at radius 1 is 1.59 bits per heavy atom. The average Bonchev–Trinajstić information content (AvgIpc) is 2.82. The summed E-state index contributed by atoms with van der Waals surface area (Å²) < 4.78 is 5.35. The minimum atomic E-state index is -0.868. The maximum absolute atomic E-state index is 10.6. The van der Waals surface area contributed by atoms with Gasteiger partial charge in [0.25, 0.3) is 0 Å². The second-order valence-corrected chi connectivity index (χ2v) is 4.43. The summed E-state index contributed by atoms with van der Waals surface area (Å²) in [6.07, 6.45) is 0.988. The summed E-state index contributed by atoms with van der Waals surface area (Å²) in [4.78, 5) is 10.6. The molecule has 1 fully saturated rings. The van der Waals surface area contributed by atoms with E-state index in [4.69, 9.17) is 15.6 Å². The molecule has 0 bridgehead atoms. The lowest BCUT2D eigenvalue weighted by atomic mass is 9.94. The second kappa shape index (κ2) is 5.29. The van der Waals surface area contributed by atoms with Gasteiger partial charge < -0.3 is 15.6 Å². The Bertz CT molecular complexity index is 399. The van der Waals surface area contributed by atoms with Crippen molar-refractivity contribution in [2.75, 3.05) is 13.2 Å². The van der Waals surface area contributed by atoms with Crippen LogP contribution in [0.2, 0.25) is 0 Å². The molecular formula is C13H17NO3. The Morgan fingerprint density at radius 3 is 3.06 bits per heavy atom. The molecule has 4 nitrogen and oxygen atoms in total. The van der Waals surface area contributed by atoms with Gasteiger partial charge in [0.05, 0.1) is 13.0 Å². The number of benzene rings is 1. The molecule has 0 amide bonds. The normalized spacial score (nSPS) is 21.4. The molecule has 0 saturated carbocycles. The first-order valence-electron chi connectivity index (χ1n) is 5.82. The minimum absolute atomic E-state index is 0.0371. The smallest absolute Gasteiger partial charge is 0.305 e. The Kier molecular flexibility index (Phi) is 3.76. The molecule has 1 aliphatic heterocycles. The zero-order chi connectivity index (χ0) is 12.3. The molecule has 1 aromatic carbocycles. The van der Waals surface area contributed by atoms with Crippen molar-refractivity contribution < 1.29 is 14.6 Å². The van der Waals surface area contributed by atoms with Crippen molar-refractivity contribution in [2.24, 2.45) is 5.73 Å². The summed E-state index contributed by atoms with van der Waals surface area (Å²) in [7, 11) is 0. The van der Waals surface area contributed by atoms with Gasteiger partial charge >= 0.3 is 5.97 Å². The highest BCUT2D eigenvalue weighted by Crippen LogP contribution is 2.27. The maximum Gasteiger partial charge on any atom is 0.305 e. The number of ether oxygens (including phenoxy) is 1. The van der Waals surface area contributed by atoms with E-state index >= 15 is 0 Å². The van der Waals surface area contributed by atoms with Gasteiger partial charge in [0.1, 0.15) is 0 Å². The van der Waals surface area contributed by atoms with E-state index < -0.39 is 12.0 Å². The Balaban J connectivity index is 2.12. The van der Waals surface area contributed by atoms with Crippen LogP contribution in [0, 0.1) is 0 Å². The topological polar surface area (TPSA) is 72.6 Å². The molecule has 17 heavy (non-hydrogen) atoms. The van der Waals surface area contributed by atoms with Crippen LogP contribution in [0.25, 0.3) is 0 Å². The number of hydrogen-bond donors (Lipinski definition) is 2. The molecule has 1 saturated heterocycles. The number of carbonyl (C=O) groups is 1. The molecule has 1 aliphatic rings. The molecule has 3 N–H and O–H groups in total. The van der Waals surface area contributed by atoms with Crippen LogP contribution in [0.1, 0.15) is 35.9 Å². The van der Waals surface area contributed by atoms with Crippen molar-refractivity contribution >= 4 is 5.97 Å². The third kappa shape index (κ3) is 3.05. The molecular weight excluding hydrogens is 218 g/mol. The van der Waals surface area contributed by atoms with Crippen molar-refractivity contribution in [1.29, 1.82) is 0 Å². The van der Waals surface area contributed by atoms with Gasteiger partial charge in [-0.2, -0.15) is 0 Å². The molecule has 0 radical (unpaired) electrons. The summed E-state index contributed by atoms with van der Waals surface area (Å²) in [6, 6.07) is 7.44. The molecule has 0 aromatic heterocycles. The van der Waals surface area contributed by atoms with E-state index in [9.17, 15) is 4.79 Å². The summed E-state index contributed by atoms with van der Waals surface area (Å²) >= 11 is 0. The number of aliphatic carboxylic acids is 1. The van der Waals surface area contributed by atoms with Gasteiger partial charge in [-0.3, -0.25) is 4.79 Å². The van der Waals surface area contributed by atoms with Gasteiger partial charge in [0.2, 0.25) is 0 Å². The van der Waals surface area contributed by atoms with Crippen molar-refractivity contribution in [3.05, 3.63) is 35.4 Å². The van der Waals surface area contributed by atoms with Gasteiger partial charge in [-0.15, -0.1) is 0 Å². The third-order valence-electron chi connectivity index (χ3n) is 3.13. The van der Waals surface area contributed by atoms with Crippen LogP contribution in [-0.2, 0) is 9.53 Å². The van der Waals surface area contributed by atoms with Crippen LogP contribution in [0.4, 0.5) is 0 Å². The van der Waals surface area contributed by atoms with E-state index in [2.05, 4.69) is 6.07 Å². The largest absolute Gasteiger partial charge is 0.481 e. The Labute approximate surface area is 100 Å². The first-order valence-corrected chi connectivity index (χ1v) is 5.82. The fraction of sp³-hybridized carbons (Fsp3) is 0.462. The van der Waals surface area contributed by atoms with Crippen LogP contribution in [-0.4, -0.2) is 24.3 Å². The fourth-order valence-corrected chi connectivity index (χ4v) is 2.15. The zero-order valence-electron chi connectivity index (χ0n) is 9.63. The highest BCUT2D eigenvalue weighted by Gasteiger charge is 2.19. The molecule has 4 heteroatoms. The standard InChI is InChI=1S/C13H17NO3/c14-12(7-13(15)16)10-3-1-2-9(6-10)11-4-5-17-8-11/h1-3,6,11-12H,4-5,7-8,14H2,(H,15,16). The highest BCUT2D eigenvalue weighted by atomic mass is 16.5. The summed E-state index contributed by atoms with van der Waals surface area (Å²) in [6.45, 7) is 1.55. The molecule has 92 valence electrons. The van der Waals surface area contributed by atoms with Gasteiger partial charge in [-0.05, 0) is 17.5 Å². The van der Waals surface area contributed by atoms with Crippen LogP contribution >= 0.6 is 0 Å². The highest BCUT2D eigenvalue weighted by molar-refractivity contribution is 5.67. The Hall–Kier alpha value is -1.39. The molecule has 2 unspecified atom stereocenters. The quantitative estimate of drug-likeness (QED) is 0.832. The first kappa shape index (κ1) is 12.1. The number of carboxylic acid groups (broad SMARTS) is 1. The maximum atomic E-state index is 10.6. The van der Waals surface area contributed by atoms with E-state index in [1.807, 2.05) is 18.2 Å². The van der Waals surface area contributed by atoms with E-state index in [1.54, 1.807) is 0 Å². The molecule has 0 aliphatic carbocycles. The predicted octanol–water partition coefficient (Wildman–Crippen LogP) is 1.66. The van der Waals surface area contributed by atoms with Crippen LogP contribution in [0.3, 0.4) is 0 Å². The molecule has 0 spiro atoms. The third-order valence-corrected chi connectivity index (χ3v) is 3.13. The molecule has 2 rings (SSSR count). The lowest BCUT2D eigenvalue weighted by Crippen LogP contribution is -2.15. The van der Waals surface area contributed by atoms with Gasteiger partial charge in [0, 0.05) is 18.6 Å². The average molecular weight is 235 g/mol. The number of nitrogens with two attached hydrogens (primary N) is 1. The van der Waals surface area contributed by atoms with E-state index in [-0.39, 0.29) is 6.42 Å². The lowest BCUT2D eigenvalue weighted by molar-refractivity contribution is -0.137. The fourth-order valence-electron chi connectivity index (χ4n) is 2.15. The van der Waals surface area contributed by atoms with Gasteiger partial charge in [-0.25, -0.2) is 0 Å². The molecule has 2 atom stereocenters. The monoisotopic (exact) mass is 235 g/mol. The van der Waals surface area contributed by atoms with Gasteiger partial charge in [-0.1, -0.05) is 24.3 Å². The van der Waals surface area contributed by atoms with Crippen molar-refractivity contribution in [3.63, 3.8) is 0 Å². The lowest BCUT2D eigenvalue weighted by Gasteiger charge is -2.13. The minimum Gasteiger partial charge on any atom is -0.481 e. The van der Waals surface area contributed by atoms with E-state index in [0.29, 0.717) is 5.92 Å². The number of carboxylic acids is 1. The number of rotatable bonds is 4. The van der Waals surface area contributed by atoms with E-state index in [1.165, 1.54) is 5.56 Å². The summed E-state index contributed by atoms with van der Waals surface area (Å²) in [5.41, 5.74) is 7.93. The molecule has 1 aromatic rings. The SMILES string of the molecule is NC(CC(=O)O)c1cccc(C2CCOC2)c1.